The quantitative estimate of drug-likeness (QED) is 0.439. The van der Waals surface area contributed by atoms with Crippen LogP contribution in [0.5, 0.6) is 0 Å². The van der Waals surface area contributed by atoms with Crippen LogP contribution in [0.3, 0.4) is 0 Å². The fourth-order valence-corrected chi connectivity index (χ4v) is 4.80. The van der Waals surface area contributed by atoms with Crippen LogP contribution in [0.4, 0.5) is 5.69 Å². The largest absolute Gasteiger partial charge is 0.385 e. The number of nitrogens with two attached hydrogens (primary N) is 1. The molecule has 0 saturated carbocycles. The highest BCUT2D eigenvalue weighted by atomic mass is 16.5. The molecular weight excluding hydrogens is 364 g/mol. The average molecular weight is 386 g/mol. The van der Waals surface area contributed by atoms with E-state index >= 15 is 0 Å². The van der Waals surface area contributed by atoms with E-state index in [2.05, 4.69) is 10.6 Å². The van der Waals surface area contributed by atoms with Gasteiger partial charge in [-0.2, -0.15) is 0 Å². The van der Waals surface area contributed by atoms with E-state index in [0.717, 1.165) is 0 Å². The summed E-state index contributed by atoms with van der Waals surface area (Å²) in [5.41, 5.74) is 5.20. The summed E-state index contributed by atoms with van der Waals surface area (Å²) >= 11 is 0. The van der Waals surface area contributed by atoms with Gasteiger partial charge < -0.3 is 15.8 Å². The number of anilines is 1. The average Bonchev–Trinajstić information content (AvgIpc) is 3.22. The van der Waals surface area contributed by atoms with Gasteiger partial charge in [-0.3, -0.25) is 29.4 Å². The Labute approximate surface area is 161 Å². The number of carbonyl (C=O) groups excluding carboxylic acids is 4. The number of fused-ring (bicyclic) bond motifs is 4. The summed E-state index contributed by atoms with van der Waals surface area (Å²) < 4.78 is 5.01. The summed E-state index contributed by atoms with van der Waals surface area (Å²) in [7, 11) is 1.55. The second kappa shape index (κ2) is 6.68. The van der Waals surface area contributed by atoms with Gasteiger partial charge in [-0.05, 0) is 12.5 Å². The maximum Gasteiger partial charge on any atom is 0.250 e. The van der Waals surface area contributed by atoms with E-state index in [0.29, 0.717) is 24.3 Å². The van der Waals surface area contributed by atoms with E-state index in [1.165, 1.54) is 4.90 Å². The molecule has 1 aromatic carbocycles. The second-order valence-electron chi connectivity index (χ2n) is 7.41. The van der Waals surface area contributed by atoms with Crippen LogP contribution < -0.4 is 16.4 Å². The van der Waals surface area contributed by atoms with Crippen molar-refractivity contribution in [1.29, 1.82) is 0 Å². The predicted molar refractivity (Wildman–Crippen MR) is 97.7 cm³/mol. The molecule has 3 aliphatic heterocycles. The molecule has 2 fully saturated rings. The molecule has 0 aromatic heterocycles. The minimum Gasteiger partial charge on any atom is -0.385 e. The Balaban J connectivity index is 1.78. The molecule has 0 unspecified atom stereocenters. The van der Waals surface area contributed by atoms with Gasteiger partial charge >= 0.3 is 0 Å². The number of nitrogens with one attached hydrogen (secondary N) is 2. The zero-order chi connectivity index (χ0) is 20.1. The van der Waals surface area contributed by atoms with Gasteiger partial charge in [-0.1, -0.05) is 18.2 Å². The van der Waals surface area contributed by atoms with E-state index in [1.54, 1.807) is 31.4 Å². The van der Waals surface area contributed by atoms with E-state index in [9.17, 15) is 19.2 Å². The topological polar surface area (TPSA) is 131 Å². The number of nitrogens with zero attached hydrogens (tertiary/aromatic N) is 1. The Kier molecular flexibility index (Phi) is 4.43. The molecule has 4 atom stereocenters. The van der Waals surface area contributed by atoms with Gasteiger partial charge in [0.1, 0.15) is 5.54 Å². The van der Waals surface area contributed by atoms with Gasteiger partial charge in [0.25, 0.3) is 0 Å². The molecule has 4 N–H and O–H groups in total. The highest BCUT2D eigenvalue weighted by Gasteiger charge is 2.70. The summed E-state index contributed by atoms with van der Waals surface area (Å²) in [5.74, 6) is -3.51. The van der Waals surface area contributed by atoms with Crippen LogP contribution in [0.1, 0.15) is 18.4 Å². The van der Waals surface area contributed by atoms with Crippen molar-refractivity contribution >= 4 is 29.3 Å². The third kappa shape index (κ3) is 2.46. The Bertz CT molecular complexity index is 872. The van der Waals surface area contributed by atoms with Gasteiger partial charge in [0, 0.05) is 44.0 Å². The van der Waals surface area contributed by atoms with Crippen molar-refractivity contribution in [1.82, 2.24) is 10.2 Å². The van der Waals surface area contributed by atoms with Gasteiger partial charge in [0.05, 0.1) is 11.8 Å². The molecule has 9 nitrogen and oxygen atoms in total. The summed E-state index contributed by atoms with van der Waals surface area (Å²) in [4.78, 5) is 52.2. The zero-order valence-electron chi connectivity index (χ0n) is 15.4. The lowest BCUT2D eigenvalue weighted by atomic mass is 9.76. The van der Waals surface area contributed by atoms with Crippen molar-refractivity contribution in [3.63, 3.8) is 0 Å². The SMILES string of the molecule is COCCCN1C(=O)[C@H]2[C@@H](C1=O)[C@]1(N[C@@H]2CC(N)=O)C(=O)Nc2ccccc21. The number of para-hydroxylation sites is 1. The number of rotatable bonds is 6. The zero-order valence-corrected chi connectivity index (χ0v) is 15.4. The van der Waals surface area contributed by atoms with E-state index in [-0.39, 0.29) is 18.9 Å². The first-order chi connectivity index (χ1) is 13.4. The normalized spacial score (nSPS) is 30.7. The van der Waals surface area contributed by atoms with Gasteiger partial charge in [0.15, 0.2) is 0 Å². The van der Waals surface area contributed by atoms with Crippen molar-refractivity contribution in [3.8, 4) is 0 Å². The van der Waals surface area contributed by atoms with E-state index < -0.39 is 41.1 Å². The number of carbonyl (C=O) groups is 4. The fourth-order valence-electron chi connectivity index (χ4n) is 4.80. The first kappa shape index (κ1) is 18.6. The highest BCUT2D eigenvalue weighted by Crippen LogP contribution is 2.53. The number of benzene rings is 1. The van der Waals surface area contributed by atoms with Crippen molar-refractivity contribution in [3.05, 3.63) is 29.8 Å². The number of ether oxygens (including phenoxy) is 1. The van der Waals surface area contributed by atoms with Crippen LogP contribution in [0, 0.1) is 11.8 Å². The standard InChI is InChI=1S/C19H22N4O5/c1-28-8-4-7-23-16(25)14-12(9-13(20)24)22-19(15(14)17(23)26)10-5-2-3-6-11(10)21-18(19)27/h2-3,5-6,12,14-15,22H,4,7-9H2,1H3,(H2,20,24)(H,21,27)/t12-,14-,15+,19+/m1/s1. The Morgan fingerprint density at radius 3 is 2.71 bits per heavy atom. The maximum atomic E-state index is 13.3. The second-order valence-corrected chi connectivity index (χ2v) is 7.41. The van der Waals surface area contributed by atoms with Crippen molar-refractivity contribution < 1.29 is 23.9 Å². The van der Waals surface area contributed by atoms with Gasteiger partial charge in [-0.25, -0.2) is 0 Å². The predicted octanol–water partition coefficient (Wildman–Crippen LogP) is -0.681. The molecule has 1 spiro atoms. The molecule has 4 amide bonds. The monoisotopic (exact) mass is 386 g/mol. The summed E-state index contributed by atoms with van der Waals surface area (Å²) in [5, 5.41) is 5.95. The summed E-state index contributed by atoms with van der Waals surface area (Å²) in [6.45, 7) is 0.616. The molecule has 2 saturated heterocycles. The van der Waals surface area contributed by atoms with Crippen molar-refractivity contribution in [2.24, 2.45) is 17.6 Å². The summed E-state index contributed by atoms with van der Waals surface area (Å²) in [6, 6.07) is 6.37. The van der Waals surface area contributed by atoms with Gasteiger partial charge in [0.2, 0.25) is 23.6 Å². The molecule has 3 heterocycles. The molecule has 4 rings (SSSR count). The maximum absolute atomic E-state index is 13.3. The third-order valence-corrected chi connectivity index (χ3v) is 5.86. The number of amides is 4. The minimum atomic E-state index is -1.38. The van der Waals surface area contributed by atoms with Crippen LogP contribution in [0.15, 0.2) is 24.3 Å². The first-order valence-electron chi connectivity index (χ1n) is 9.23. The van der Waals surface area contributed by atoms with Crippen LogP contribution in [0.2, 0.25) is 0 Å². The number of imide groups is 1. The van der Waals surface area contributed by atoms with Gasteiger partial charge in [-0.15, -0.1) is 0 Å². The molecular formula is C19H22N4O5. The molecule has 3 aliphatic rings. The van der Waals surface area contributed by atoms with E-state index in [4.69, 9.17) is 10.5 Å². The molecule has 0 radical (unpaired) electrons. The minimum absolute atomic E-state index is 0.136. The van der Waals surface area contributed by atoms with Crippen LogP contribution in [-0.2, 0) is 29.5 Å². The highest BCUT2D eigenvalue weighted by molar-refractivity contribution is 6.15. The third-order valence-electron chi connectivity index (χ3n) is 5.86. The van der Waals surface area contributed by atoms with Crippen molar-refractivity contribution in [2.75, 3.05) is 25.6 Å². The number of hydrogen-bond donors (Lipinski definition) is 3. The lowest BCUT2D eigenvalue weighted by molar-refractivity contribution is -0.143. The van der Waals surface area contributed by atoms with Crippen LogP contribution >= 0.6 is 0 Å². The molecule has 1 aromatic rings. The Hall–Kier alpha value is -2.78. The molecule has 0 aliphatic carbocycles. The number of hydrogen-bond acceptors (Lipinski definition) is 6. The van der Waals surface area contributed by atoms with Crippen LogP contribution in [0.25, 0.3) is 0 Å². The molecule has 148 valence electrons. The van der Waals surface area contributed by atoms with Crippen molar-refractivity contribution in [2.45, 2.75) is 24.4 Å². The van der Waals surface area contributed by atoms with E-state index in [1.807, 2.05) is 0 Å². The number of likely N-dealkylation sites (tertiary alicyclic amines) is 1. The molecule has 9 heteroatoms. The van der Waals surface area contributed by atoms with Crippen LogP contribution in [-0.4, -0.2) is 54.8 Å². The Morgan fingerprint density at radius 1 is 1.25 bits per heavy atom. The summed E-state index contributed by atoms with van der Waals surface area (Å²) in [6.07, 6.45) is 0.362. The Morgan fingerprint density at radius 2 is 2.00 bits per heavy atom. The number of primary amides is 1. The molecule has 0 bridgehead atoms. The first-order valence-corrected chi connectivity index (χ1v) is 9.23. The fraction of sp³-hybridized carbons (Fsp3) is 0.474. The smallest absolute Gasteiger partial charge is 0.250 e. The lowest BCUT2D eigenvalue weighted by Crippen LogP contribution is -2.53. The lowest BCUT2D eigenvalue weighted by Gasteiger charge is -2.29. The molecule has 28 heavy (non-hydrogen) atoms. The number of methoxy groups -OCH3 is 1.